The third-order valence-corrected chi connectivity index (χ3v) is 4.57. The first kappa shape index (κ1) is 13.8. The van der Waals surface area contributed by atoms with Gasteiger partial charge < -0.3 is 9.84 Å². The lowest BCUT2D eigenvalue weighted by molar-refractivity contribution is -0.148. The average molecular weight is 255 g/mol. The second-order valence-corrected chi connectivity index (χ2v) is 5.81. The van der Waals surface area contributed by atoms with Crippen molar-refractivity contribution in [2.75, 3.05) is 19.8 Å². The number of hydrogen-bond donors (Lipinski definition) is 1. The Balaban J connectivity index is 2.12. The molecular weight excluding hydrogens is 230 g/mol. The first-order valence-electron chi connectivity index (χ1n) is 7.19. The second-order valence-electron chi connectivity index (χ2n) is 5.81. The molecule has 2 fully saturated rings. The highest BCUT2D eigenvalue weighted by Crippen LogP contribution is 2.34. The van der Waals surface area contributed by atoms with E-state index in [0.29, 0.717) is 12.0 Å². The minimum absolute atomic E-state index is 0.187. The molecule has 1 saturated carbocycles. The van der Waals surface area contributed by atoms with Crippen molar-refractivity contribution >= 4 is 5.97 Å². The number of hydrogen-bond acceptors (Lipinski definition) is 3. The first-order chi connectivity index (χ1) is 8.63. The summed E-state index contributed by atoms with van der Waals surface area (Å²) in [4.78, 5) is 13.9. The predicted molar refractivity (Wildman–Crippen MR) is 69.5 cm³/mol. The number of morpholine rings is 1. The first-order valence-corrected chi connectivity index (χ1v) is 7.19. The van der Waals surface area contributed by atoms with E-state index in [4.69, 9.17) is 4.74 Å². The van der Waals surface area contributed by atoms with Crippen molar-refractivity contribution in [2.24, 2.45) is 11.8 Å². The largest absolute Gasteiger partial charge is 0.481 e. The van der Waals surface area contributed by atoms with Gasteiger partial charge in [0.15, 0.2) is 0 Å². The lowest BCUT2D eigenvalue weighted by atomic mass is 9.77. The maximum Gasteiger partial charge on any atom is 0.308 e. The molecule has 4 atom stereocenters. The fraction of sp³-hybridized carbons (Fsp3) is 0.929. The van der Waals surface area contributed by atoms with E-state index >= 15 is 0 Å². The van der Waals surface area contributed by atoms with Gasteiger partial charge in [-0.1, -0.05) is 13.8 Å². The van der Waals surface area contributed by atoms with Gasteiger partial charge in [0.25, 0.3) is 0 Å². The van der Waals surface area contributed by atoms with Gasteiger partial charge in [0.2, 0.25) is 0 Å². The summed E-state index contributed by atoms with van der Waals surface area (Å²) in [6.07, 6.45) is 3.94. The van der Waals surface area contributed by atoms with Crippen LogP contribution in [-0.2, 0) is 9.53 Å². The number of nitrogens with zero attached hydrogens (tertiary/aromatic N) is 1. The fourth-order valence-corrected chi connectivity index (χ4v) is 3.46. The Morgan fingerprint density at radius 1 is 1.44 bits per heavy atom. The Kier molecular flexibility index (Phi) is 4.62. The average Bonchev–Trinajstić information content (AvgIpc) is 2.38. The predicted octanol–water partition coefficient (Wildman–Crippen LogP) is 1.99. The van der Waals surface area contributed by atoms with E-state index in [9.17, 15) is 9.90 Å². The molecule has 0 aromatic heterocycles. The van der Waals surface area contributed by atoms with Gasteiger partial charge in [-0.25, -0.2) is 0 Å². The van der Waals surface area contributed by atoms with Gasteiger partial charge in [0, 0.05) is 18.6 Å². The summed E-state index contributed by atoms with van der Waals surface area (Å²) in [6.45, 7) is 6.79. The van der Waals surface area contributed by atoms with E-state index in [1.807, 2.05) is 0 Å². The molecule has 104 valence electrons. The Labute approximate surface area is 109 Å². The monoisotopic (exact) mass is 255 g/mol. The smallest absolute Gasteiger partial charge is 0.308 e. The third kappa shape index (κ3) is 2.86. The number of aliphatic carboxylic acids is 1. The van der Waals surface area contributed by atoms with Gasteiger partial charge in [0.1, 0.15) is 0 Å². The summed E-state index contributed by atoms with van der Waals surface area (Å²) in [5, 5.41) is 9.43. The summed E-state index contributed by atoms with van der Waals surface area (Å²) in [6, 6.07) is 0.607. The van der Waals surface area contributed by atoms with E-state index in [1.165, 1.54) is 0 Å². The highest BCUT2D eigenvalue weighted by Gasteiger charge is 2.40. The molecule has 18 heavy (non-hydrogen) atoms. The van der Waals surface area contributed by atoms with Crippen molar-refractivity contribution < 1.29 is 14.6 Å². The van der Waals surface area contributed by atoms with Crippen LogP contribution in [0.15, 0.2) is 0 Å². The van der Waals surface area contributed by atoms with E-state index < -0.39 is 5.97 Å². The van der Waals surface area contributed by atoms with Gasteiger partial charge in [-0.3, -0.25) is 9.69 Å². The normalized spacial score (nSPS) is 38.6. The van der Waals surface area contributed by atoms with Crippen LogP contribution < -0.4 is 0 Å². The lowest BCUT2D eigenvalue weighted by Crippen LogP contribution is -2.55. The molecule has 2 rings (SSSR count). The molecule has 1 aliphatic carbocycles. The quantitative estimate of drug-likeness (QED) is 0.838. The second kappa shape index (κ2) is 6.02. The summed E-state index contributed by atoms with van der Waals surface area (Å²) in [7, 11) is 0. The minimum Gasteiger partial charge on any atom is -0.481 e. The zero-order valence-corrected chi connectivity index (χ0v) is 11.5. The minimum atomic E-state index is -0.617. The van der Waals surface area contributed by atoms with Crippen molar-refractivity contribution in [2.45, 2.75) is 51.6 Å². The SMILES string of the molecule is CCC1COCCN1C1CC(C)CCC1C(=O)O. The van der Waals surface area contributed by atoms with E-state index in [2.05, 4.69) is 18.7 Å². The molecule has 0 aromatic rings. The molecule has 0 aromatic carbocycles. The van der Waals surface area contributed by atoms with Crippen LogP contribution in [0.1, 0.15) is 39.5 Å². The van der Waals surface area contributed by atoms with Gasteiger partial charge in [0.05, 0.1) is 19.1 Å². The van der Waals surface area contributed by atoms with Crippen molar-refractivity contribution in [1.82, 2.24) is 4.90 Å². The highest BCUT2D eigenvalue weighted by molar-refractivity contribution is 5.71. The zero-order chi connectivity index (χ0) is 13.1. The van der Waals surface area contributed by atoms with Crippen LogP contribution in [0.4, 0.5) is 0 Å². The molecule has 4 heteroatoms. The van der Waals surface area contributed by atoms with Gasteiger partial charge in [-0.15, -0.1) is 0 Å². The van der Waals surface area contributed by atoms with Crippen LogP contribution in [0, 0.1) is 11.8 Å². The molecule has 1 N–H and O–H groups in total. The van der Waals surface area contributed by atoms with Crippen LogP contribution in [0.25, 0.3) is 0 Å². The van der Waals surface area contributed by atoms with Gasteiger partial charge >= 0.3 is 5.97 Å². The van der Waals surface area contributed by atoms with Crippen LogP contribution in [-0.4, -0.2) is 47.8 Å². The summed E-state index contributed by atoms with van der Waals surface area (Å²) in [5.41, 5.74) is 0. The standard InChI is InChI=1S/C14H25NO3/c1-3-11-9-18-7-6-15(11)13-8-10(2)4-5-12(13)14(16)17/h10-13H,3-9H2,1-2H3,(H,16,17). The van der Waals surface area contributed by atoms with Crippen molar-refractivity contribution in [3.05, 3.63) is 0 Å². The fourth-order valence-electron chi connectivity index (χ4n) is 3.46. The summed E-state index contributed by atoms with van der Waals surface area (Å²) < 4.78 is 5.53. The number of ether oxygens (including phenoxy) is 1. The van der Waals surface area contributed by atoms with Crippen LogP contribution in [0.2, 0.25) is 0 Å². The maximum atomic E-state index is 11.5. The molecule has 1 heterocycles. The number of rotatable bonds is 3. The molecule has 0 amide bonds. The molecule has 4 nitrogen and oxygen atoms in total. The zero-order valence-electron chi connectivity index (χ0n) is 11.5. The molecule has 1 saturated heterocycles. The van der Waals surface area contributed by atoms with Crippen molar-refractivity contribution in [3.63, 3.8) is 0 Å². The van der Waals surface area contributed by atoms with E-state index in [-0.39, 0.29) is 12.0 Å². The van der Waals surface area contributed by atoms with E-state index in [0.717, 1.165) is 45.4 Å². The molecule has 4 unspecified atom stereocenters. The molecule has 0 radical (unpaired) electrons. The molecule has 2 aliphatic rings. The Bertz CT molecular complexity index is 295. The van der Waals surface area contributed by atoms with Crippen LogP contribution in [0.3, 0.4) is 0 Å². The summed E-state index contributed by atoms with van der Waals surface area (Å²) in [5.74, 6) is -0.160. The molecule has 0 spiro atoms. The topological polar surface area (TPSA) is 49.8 Å². The number of carboxylic acid groups (broad SMARTS) is 1. The number of carbonyl (C=O) groups is 1. The maximum absolute atomic E-state index is 11.5. The van der Waals surface area contributed by atoms with Crippen LogP contribution in [0.5, 0.6) is 0 Å². The molecular formula is C14H25NO3. The Morgan fingerprint density at radius 3 is 2.89 bits per heavy atom. The van der Waals surface area contributed by atoms with Gasteiger partial charge in [-0.2, -0.15) is 0 Å². The van der Waals surface area contributed by atoms with Crippen molar-refractivity contribution in [1.29, 1.82) is 0 Å². The number of carboxylic acids is 1. The Morgan fingerprint density at radius 2 is 2.22 bits per heavy atom. The summed E-state index contributed by atoms with van der Waals surface area (Å²) >= 11 is 0. The van der Waals surface area contributed by atoms with Crippen LogP contribution >= 0.6 is 0 Å². The Hall–Kier alpha value is -0.610. The third-order valence-electron chi connectivity index (χ3n) is 4.57. The van der Waals surface area contributed by atoms with E-state index in [1.54, 1.807) is 0 Å². The van der Waals surface area contributed by atoms with Crippen molar-refractivity contribution in [3.8, 4) is 0 Å². The van der Waals surface area contributed by atoms with Gasteiger partial charge in [-0.05, 0) is 31.6 Å². The highest BCUT2D eigenvalue weighted by atomic mass is 16.5. The lowest BCUT2D eigenvalue weighted by Gasteiger charge is -2.46. The molecule has 0 bridgehead atoms. The molecule has 1 aliphatic heterocycles.